The summed E-state index contributed by atoms with van der Waals surface area (Å²) in [5, 5.41) is 2.75. The molecule has 0 bridgehead atoms. The molecule has 1 aliphatic heterocycles. The fraction of sp³-hybridized carbons (Fsp3) is 0.406. The lowest BCUT2D eigenvalue weighted by molar-refractivity contribution is -0.144. The molecule has 1 aliphatic rings. The van der Waals surface area contributed by atoms with Crippen molar-refractivity contribution in [2.45, 2.75) is 64.6 Å². The molecule has 3 aromatic rings. The van der Waals surface area contributed by atoms with Gasteiger partial charge in [-0.05, 0) is 54.5 Å². The first-order valence-corrected chi connectivity index (χ1v) is 16.0. The number of aromatic nitrogens is 1. The van der Waals surface area contributed by atoms with E-state index in [4.69, 9.17) is 4.74 Å². The first kappa shape index (κ1) is 33.0. The summed E-state index contributed by atoms with van der Waals surface area (Å²) in [7, 11) is -3.84. The van der Waals surface area contributed by atoms with Gasteiger partial charge in [-0.1, -0.05) is 68.4 Å². The third kappa shape index (κ3) is 7.97. The molecule has 1 aromatic heterocycles. The van der Waals surface area contributed by atoms with Gasteiger partial charge in [-0.3, -0.25) is 9.59 Å². The second-order valence-corrected chi connectivity index (χ2v) is 13.2. The monoisotopic (exact) mass is 629 g/mol. The number of nitrogens with zero attached hydrogens (tertiary/aromatic N) is 2. The van der Waals surface area contributed by atoms with Crippen LogP contribution in [0.4, 0.5) is 14.5 Å². The molecule has 2 aromatic carbocycles. The van der Waals surface area contributed by atoms with E-state index in [2.05, 4.69) is 15.0 Å². The summed E-state index contributed by atoms with van der Waals surface area (Å²) in [5.74, 6) is -1.87. The van der Waals surface area contributed by atoms with Gasteiger partial charge in [0.25, 0.3) is 0 Å². The molecule has 44 heavy (non-hydrogen) atoms. The molecule has 0 unspecified atom stereocenters. The van der Waals surface area contributed by atoms with Crippen LogP contribution in [-0.2, 0) is 36.4 Å². The fourth-order valence-corrected chi connectivity index (χ4v) is 6.82. The molecule has 12 heteroatoms. The van der Waals surface area contributed by atoms with Crippen molar-refractivity contribution in [3.8, 4) is 5.88 Å². The van der Waals surface area contributed by atoms with Crippen molar-refractivity contribution in [2.75, 3.05) is 24.2 Å². The number of hydrogen-bond acceptors (Lipinski definition) is 7. The highest BCUT2D eigenvalue weighted by Crippen LogP contribution is 2.42. The van der Waals surface area contributed by atoms with Gasteiger partial charge >= 0.3 is 12.6 Å². The molecule has 0 spiro atoms. The normalized spacial score (nSPS) is 15.2. The number of alkyl halides is 2. The van der Waals surface area contributed by atoms with Gasteiger partial charge in [0.1, 0.15) is 12.3 Å². The first-order valence-electron chi connectivity index (χ1n) is 14.4. The van der Waals surface area contributed by atoms with Crippen LogP contribution < -0.4 is 10.1 Å². The number of nitrogens with one attached hydrogen (secondary N) is 1. The molecule has 0 saturated carbocycles. The number of sulfonamides is 1. The van der Waals surface area contributed by atoms with Gasteiger partial charge in [0, 0.05) is 18.8 Å². The highest BCUT2D eigenvalue weighted by Gasteiger charge is 2.46. The Balaban J connectivity index is 1.53. The van der Waals surface area contributed by atoms with Crippen LogP contribution in [-0.4, -0.2) is 55.0 Å². The molecule has 0 aliphatic carbocycles. The van der Waals surface area contributed by atoms with Gasteiger partial charge in [0.15, 0.2) is 0 Å². The number of carbonyl (C=O) groups excluding carboxylic acids is 2. The number of carbonyl (C=O) groups is 2. The number of rotatable bonds is 12. The summed E-state index contributed by atoms with van der Waals surface area (Å²) in [4.78, 5) is 30.4. The number of anilines is 1. The number of piperidine rings is 1. The van der Waals surface area contributed by atoms with Gasteiger partial charge in [0.2, 0.25) is 21.8 Å². The number of amides is 1. The van der Waals surface area contributed by atoms with E-state index >= 15 is 0 Å². The zero-order valence-electron chi connectivity index (χ0n) is 25.0. The molecule has 0 radical (unpaired) electrons. The predicted octanol–water partition coefficient (Wildman–Crippen LogP) is 5.55. The standard InChI is InChI=1S/C32H37F2N3O6S/c1-22(2)25-11-7-8-12-26(25)32(30(39)36-27-14-13-23(3)35-29(27)43-31(33)34)16-18-37(19-17-32)44(40,41)20-15-28(38)42-21-24-9-5-4-6-10-24/h4-14,22,31H,15-21H2,1-3H3,(H,36,39). The third-order valence-corrected chi connectivity index (χ3v) is 9.63. The highest BCUT2D eigenvalue weighted by atomic mass is 32.2. The topological polar surface area (TPSA) is 115 Å². The Bertz CT molecular complexity index is 1560. The Morgan fingerprint density at radius 1 is 1.00 bits per heavy atom. The van der Waals surface area contributed by atoms with Gasteiger partial charge in [0.05, 0.1) is 17.6 Å². The lowest BCUT2D eigenvalue weighted by Crippen LogP contribution is -2.51. The average molecular weight is 630 g/mol. The third-order valence-electron chi connectivity index (χ3n) is 7.76. The van der Waals surface area contributed by atoms with Crippen LogP contribution in [0.5, 0.6) is 5.88 Å². The minimum atomic E-state index is -3.84. The maximum atomic E-state index is 14.1. The fourth-order valence-electron chi connectivity index (χ4n) is 5.40. The number of halogens is 2. The minimum absolute atomic E-state index is 0.00799. The second kappa shape index (κ2) is 14.3. The van der Waals surface area contributed by atoms with Gasteiger partial charge < -0.3 is 14.8 Å². The number of hydrogen-bond donors (Lipinski definition) is 1. The Morgan fingerprint density at radius 3 is 2.32 bits per heavy atom. The van der Waals surface area contributed by atoms with Crippen molar-refractivity contribution in [1.82, 2.24) is 9.29 Å². The van der Waals surface area contributed by atoms with Crippen molar-refractivity contribution < 1.29 is 36.3 Å². The number of pyridine rings is 1. The quantitative estimate of drug-likeness (QED) is 0.261. The molecular weight excluding hydrogens is 592 g/mol. The number of ether oxygens (including phenoxy) is 2. The summed E-state index contributed by atoms with van der Waals surface area (Å²) < 4.78 is 63.9. The SMILES string of the molecule is Cc1ccc(NC(=O)C2(c3ccccc3C(C)C)CCN(S(=O)(=O)CCC(=O)OCc3ccccc3)CC2)c(OC(F)F)n1. The summed E-state index contributed by atoms with van der Waals surface area (Å²) in [6.07, 6.45) is -0.0457. The lowest BCUT2D eigenvalue weighted by atomic mass is 9.69. The molecular formula is C32H37F2N3O6S. The van der Waals surface area contributed by atoms with E-state index < -0.39 is 45.6 Å². The van der Waals surface area contributed by atoms with E-state index in [0.717, 1.165) is 16.7 Å². The molecule has 1 N–H and O–H groups in total. The van der Waals surface area contributed by atoms with Gasteiger partial charge in [-0.2, -0.15) is 8.78 Å². The highest BCUT2D eigenvalue weighted by molar-refractivity contribution is 7.89. The maximum Gasteiger partial charge on any atom is 0.388 e. The predicted molar refractivity (Wildman–Crippen MR) is 162 cm³/mol. The Morgan fingerprint density at radius 2 is 1.66 bits per heavy atom. The molecule has 4 rings (SSSR count). The summed E-state index contributed by atoms with van der Waals surface area (Å²) >= 11 is 0. The van der Waals surface area contributed by atoms with Crippen molar-refractivity contribution >= 4 is 27.6 Å². The van der Waals surface area contributed by atoms with Gasteiger partial charge in [-0.25, -0.2) is 17.7 Å². The summed E-state index contributed by atoms with van der Waals surface area (Å²) in [5.41, 5.74) is 1.71. The zero-order valence-corrected chi connectivity index (χ0v) is 25.8. The van der Waals surface area contributed by atoms with Gasteiger partial charge in [-0.15, -0.1) is 0 Å². The van der Waals surface area contributed by atoms with Crippen LogP contribution in [0, 0.1) is 6.92 Å². The molecule has 2 heterocycles. The van der Waals surface area contributed by atoms with E-state index in [0.29, 0.717) is 5.69 Å². The zero-order chi connectivity index (χ0) is 31.9. The van der Waals surface area contributed by atoms with E-state index in [-0.39, 0.29) is 50.6 Å². The summed E-state index contributed by atoms with van der Waals surface area (Å²) in [6, 6.07) is 19.6. The first-order chi connectivity index (χ1) is 20.9. The van der Waals surface area contributed by atoms with Crippen LogP contribution in [0.1, 0.15) is 61.4 Å². The van der Waals surface area contributed by atoms with Crippen molar-refractivity contribution in [3.05, 3.63) is 89.1 Å². The van der Waals surface area contributed by atoms with E-state index in [9.17, 15) is 26.8 Å². The van der Waals surface area contributed by atoms with Crippen molar-refractivity contribution in [1.29, 1.82) is 0 Å². The number of aryl methyl sites for hydroxylation is 1. The maximum absolute atomic E-state index is 14.1. The van der Waals surface area contributed by atoms with E-state index in [1.807, 2.05) is 56.3 Å². The lowest BCUT2D eigenvalue weighted by Gasteiger charge is -2.41. The Kier molecular flexibility index (Phi) is 10.7. The molecule has 236 valence electrons. The smallest absolute Gasteiger partial charge is 0.388 e. The Labute approximate surface area is 256 Å². The molecule has 1 saturated heterocycles. The van der Waals surface area contributed by atoms with Crippen molar-refractivity contribution in [3.63, 3.8) is 0 Å². The molecule has 0 atom stereocenters. The van der Waals surface area contributed by atoms with Crippen molar-refractivity contribution in [2.24, 2.45) is 0 Å². The Hall–Kier alpha value is -3.90. The number of esters is 1. The summed E-state index contributed by atoms with van der Waals surface area (Å²) in [6.45, 7) is 2.57. The van der Waals surface area contributed by atoms with Crippen LogP contribution in [0.25, 0.3) is 0 Å². The van der Waals surface area contributed by atoms with Crippen LogP contribution in [0.3, 0.4) is 0 Å². The molecule has 1 fully saturated rings. The molecule has 9 nitrogen and oxygen atoms in total. The average Bonchev–Trinajstić information content (AvgIpc) is 3.00. The minimum Gasteiger partial charge on any atom is -0.461 e. The van der Waals surface area contributed by atoms with E-state index in [1.54, 1.807) is 25.1 Å². The number of benzene rings is 2. The molecule has 1 amide bonds. The van der Waals surface area contributed by atoms with Crippen LogP contribution >= 0.6 is 0 Å². The second-order valence-electron chi connectivity index (χ2n) is 11.1. The van der Waals surface area contributed by atoms with Crippen LogP contribution in [0.15, 0.2) is 66.7 Å². The van der Waals surface area contributed by atoms with E-state index in [1.165, 1.54) is 10.4 Å². The largest absolute Gasteiger partial charge is 0.461 e. The van der Waals surface area contributed by atoms with Crippen LogP contribution in [0.2, 0.25) is 0 Å².